The molecule has 0 aliphatic heterocycles. The maximum Gasteiger partial charge on any atom is 0.161 e. The van der Waals surface area contributed by atoms with E-state index in [1.807, 2.05) is 0 Å². The molecular weight excluding hydrogens is 226 g/mol. The lowest BCUT2D eigenvalue weighted by Crippen LogP contribution is -2.22. The van der Waals surface area contributed by atoms with Gasteiger partial charge in [0.15, 0.2) is 11.5 Å². The number of hydrogen-bond acceptors (Lipinski definition) is 3. The SMILES string of the molecule is COc1cc(CNC(C)C)c(C2CC2)cc1OC. The van der Waals surface area contributed by atoms with Crippen molar-refractivity contribution in [3.8, 4) is 11.5 Å². The molecule has 1 aliphatic carbocycles. The van der Waals surface area contributed by atoms with Gasteiger partial charge in [0.05, 0.1) is 14.2 Å². The molecule has 1 saturated carbocycles. The monoisotopic (exact) mass is 249 g/mol. The summed E-state index contributed by atoms with van der Waals surface area (Å²) in [7, 11) is 3.38. The highest BCUT2D eigenvalue weighted by atomic mass is 16.5. The third kappa shape index (κ3) is 2.96. The normalized spacial score (nSPS) is 14.9. The summed E-state index contributed by atoms with van der Waals surface area (Å²) in [6, 6.07) is 4.75. The van der Waals surface area contributed by atoms with Crippen LogP contribution >= 0.6 is 0 Å². The second-order valence-electron chi connectivity index (χ2n) is 5.22. The summed E-state index contributed by atoms with van der Waals surface area (Å²) in [5, 5.41) is 3.48. The van der Waals surface area contributed by atoms with Gasteiger partial charge in [-0.25, -0.2) is 0 Å². The van der Waals surface area contributed by atoms with Gasteiger partial charge in [0.25, 0.3) is 0 Å². The van der Waals surface area contributed by atoms with Crippen LogP contribution in [-0.2, 0) is 6.54 Å². The first-order valence-electron chi connectivity index (χ1n) is 6.64. The average molecular weight is 249 g/mol. The molecule has 1 aliphatic rings. The number of ether oxygens (including phenoxy) is 2. The predicted molar refractivity (Wildman–Crippen MR) is 73.5 cm³/mol. The van der Waals surface area contributed by atoms with Gasteiger partial charge in [-0.15, -0.1) is 0 Å². The van der Waals surface area contributed by atoms with Crippen molar-refractivity contribution in [2.75, 3.05) is 14.2 Å². The Bertz CT molecular complexity index is 411. The van der Waals surface area contributed by atoms with Crippen molar-refractivity contribution >= 4 is 0 Å². The maximum absolute atomic E-state index is 5.39. The van der Waals surface area contributed by atoms with Crippen molar-refractivity contribution in [1.82, 2.24) is 5.32 Å². The average Bonchev–Trinajstić information content (AvgIpc) is 3.19. The number of methoxy groups -OCH3 is 2. The second-order valence-corrected chi connectivity index (χ2v) is 5.22. The fourth-order valence-corrected chi connectivity index (χ4v) is 2.18. The van der Waals surface area contributed by atoms with Crippen molar-refractivity contribution in [2.45, 2.75) is 45.2 Å². The smallest absolute Gasteiger partial charge is 0.161 e. The summed E-state index contributed by atoms with van der Waals surface area (Å²) in [4.78, 5) is 0. The molecule has 3 heteroatoms. The Kier molecular flexibility index (Phi) is 4.12. The molecule has 1 aromatic rings. The van der Waals surface area contributed by atoms with Gasteiger partial charge in [-0.05, 0) is 42.0 Å². The molecule has 0 spiro atoms. The number of hydrogen-bond donors (Lipinski definition) is 1. The Labute approximate surface area is 109 Å². The van der Waals surface area contributed by atoms with Gasteiger partial charge in [0, 0.05) is 12.6 Å². The molecule has 18 heavy (non-hydrogen) atoms. The molecule has 0 radical (unpaired) electrons. The van der Waals surface area contributed by atoms with Crippen LogP contribution in [0.15, 0.2) is 12.1 Å². The van der Waals surface area contributed by atoms with Crippen molar-refractivity contribution in [3.63, 3.8) is 0 Å². The van der Waals surface area contributed by atoms with Crippen LogP contribution in [0.5, 0.6) is 11.5 Å². The zero-order valence-corrected chi connectivity index (χ0v) is 11.7. The molecule has 1 fully saturated rings. The molecule has 0 amide bonds. The molecule has 3 nitrogen and oxygen atoms in total. The molecule has 0 bridgehead atoms. The Hall–Kier alpha value is -1.22. The van der Waals surface area contributed by atoms with E-state index >= 15 is 0 Å². The topological polar surface area (TPSA) is 30.5 Å². The van der Waals surface area contributed by atoms with E-state index in [0.717, 1.165) is 18.0 Å². The van der Waals surface area contributed by atoms with E-state index in [4.69, 9.17) is 9.47 Å². The number of nitrogens with one attached hydrogen (secondary N) is 1. The first-order chi connectivity index (χ1) is 8.65. The summed E-state index contributed by atoms with van der Waals surface area (Å²) in [5.41, 5.74) is 2.75. The van der Waals surface area contributed by atoms with Gasteiger partial charge in [-0.3, -0.25) is 0 Å². The van der Waals surface area contributed by atoms with Crippen molar-refractivity contribution in [2.24, 2.45) is 0 Å². The predicted octanol–water partition coefficient (Wildman–Crippen LogP) is 3.08. The largest absolute Gasteiger partial charge is 0.493 e. The molecule has 1 aromatic carbocycles. The van der Waals surface area contributed by atoms with Crippen LogP contribution in [-0.4, -0.2) is 20.3 Å². The van der Waals surface area contributed by atoms with Crippen molar-refractivity contribution in [3.05, 3.63) is 23.3 Å². The minimum atomic E-state index is 0.491. The number of rotatable bonds is 6. The van der Waals surface area contributed by atoms with Gasteiger partial charge in [0.2, 0.25) is 0 Å². The van der Waals surface area contributed by atoms with Gasteiger partial charge in [-0.2, -0.15) is 0 Å². The molecule has 100 valence electrons. The molecule has 0 atom stereocenters. The zero-order chi connectivity index (χ0) is 13.1. The van der Waals surface area contributed by atoms with E-state index in [0.29, 0.717) is 12.0 Å². The van der Waals surface area contributed by atoms with Gasteiger partial charge < -0.3 is 14.8 Å². The fraction of sp³-hybridized carbons (Fsp3) is 0.600. The Balaban J connectivity index is 2.29. The van der Waals surface area contributed by atoms with Crippen LogP contribution in [0.1, 0.15) is 43.7 Å². The Morgan fingerprint density at radius 3 is 2.28 bits per heavy atom. The van der Waals surface area contributed by atoms with Crippen LogP contribution in [0, 0.1) is 0 Å². The molecule has 0 heterocycles. The van der Waals surface area contributed by atoms with Gasteiger partial charge >= 0.3 is 0 Å². The Morgan fingerprint density at radius 1 is 1.17 bits per heavy atom. The van der Waals surface area contributed by atoms with Crippen LogP contribution in [0.4, 0.5) is 0 Å². The van der Waals surface area contributed by atoms with Crippen LogP contribution in [0.25, 0.3) is 0 Å². The summed E-state index contributed by atoms with van der Waals surface area (Å²) >= 11 is 0. The number of benzene rings is 1. The fourth-order valence-electron chi connectivity index (χ4n) is 2.18. The summed E-state index contributed by atoms with van der Waals surface area (Å²) in [6.45, 7) is 5.22. The zero-order valence-electron chi connectivity index (χ0n) is 11.7. The molecule has 0 unspecified atom stereocenters. The third-order valence-electron chi connectivity index (χ3n) is 3.36. The minimum absolute atomic E-state index is 0.491. The van der Waals surface area contributed by atoms with E-state index < -0.39 is 0 Å². The highest BCUT2D eigenvalue weighted by molar-refractivity contribution is 5.49. The summed E-state index contributed by atoms with van der Waals surface area (Å²) < 4.78 is 10.8. The first kappa shape index (κ1) is 13.2. The lowest BCUT2D eigenvalue weighted by atomic mass is 10.0. The van der Waals surface area contributed by atoms with E-state index in [9.17, 15) is 0 Å². The highest BCUT2D eigenvalue weighted by Crippen LogP contribution is 2.45. The quantitative estimate of drug-likeness (QED) is 0.840. The molecule has 0 aromatic heterocycles. The van der Waals surface area contributed by atoms with Crippen molar-refractivity contribution in [1.29, 1.82) is 0 Å². The standard InChI is InChI=1S/C15H23NO2/c1-10(2)16-9-12-7-14(17-3)15(18-4)8-13(12)11-5-6-11/h7-8,10-11,16H,5-6,9H2,1-4H3. The van der Waals surface area contributed by atoms with Crippen LogP contribution < -0.4 is 14.8 Å². The highest BCUT2D eigenvalue weighted by Gasteiger charge is 2.27. The van der Waals surface area contributed by atoms with Crippen LogP contribution in [0.3, 0.4) is 0 Å². The van der Waals surface area contributed by atoms with Crippen molar-refractivity contribution < 1.29 is 9.47 Å². The van der Waals surface area contributed by atoms with Crippen LogP contribution in [0.2, 0.25) is 0 Å². The molecule has 1 N–H and O–H groups in total. The first-order valence-corrected chi connectivity index (χ1v) is 6.64. The minimum Gasteiger partial charge on any atom is -0.493 e. The molecule has 0 saturated heterocycles. The summed E-state index contributed by atoms with van der Waals surface area (Å²) in [6.07, 6.45) is 2.59. The third-order valence-corrected chi connectivity index (χ3v) is 3.36. The summed E-state index contributed by atoms with van der Waals surface area (Å²) in [5.74, 6) is 2.38. The van der Waals surface area contributed by atoms with Gasteiger partial charge in [0.1, 0.15) is 0 Å². The Morgan fingerprint density at radius 2 is 1.78 bits per heavy atom. The maximum atomic E-state index is 5.39. The molecular formula is C15H23NO2. The van der Waals surface area contributed by atoms with E-state index in [2.05, 4.69) is 31.3 Å². The lowest BCUT2D eigenvalue weighted by Gasteiger charge is -2.16. The van der Waals surface area contributed by atoms with E-state index in [-0.39, 0.29) is 0 Å². The molecule has 2 rings (SSSR count). The van der Waals surface area contributed by atoms with E-state index in [1.54, 1.807) is 14.2 Å². The second kappa shape index (κ2) is 5.61. The van der Waals surface area contributed by atoms with E-state index in [1.165, 1.54) is 24.0 Å². The lowest BCUT2D eigenvalue weighted by molar-refractivity contribution is 0.354. The van der Waals surface area contributed by atoms with Gasteiger partial charge in [-0.1, -0.05) is 13.8 Å².